The fraction of sp³-hybridized carbons (Fsp3) is 0.357. The van der Waals surface area contributed by atoms with E-state index in [4.69, 9.17) is 0 Å². The fourth-order valence-electron chi connectivity index (χ4n) is 2.56. The zero-order valence-electron chi connectivity index (χ0n) is 11.1. The van der Waals surface area contributed by atoms with Crippen molar-refractivity contribution in [3.05, 3.63) is 54.5 Å². The summed E-state index contributed by atoms with van der Waals surface area (Å²) in [7, 11) is 0. The van der Waals surface area contributed by atoms with E-state index >= 15 is 0 Å². The topological polar surface area (TPSA) is 25.2 Å². The molecule has 0 unspecified atom stereocenters. The molecular weight excluding hydrogens is 362 g/mol. The summed E-state index contributed by atoms with van der Waals surface area (Å²) in [5.74, 6) is 0. The Morgan fingerprint density at radius 1 is 1.43 bits per heavy atom. The first kappa shape index (κ1) is 14.9. The second-order valence-electron chi connectivity index (χ2n) is 4.98. The molecule has 0 saturated carbocycles. The van der Waals surface area contributed by atoms with Gasteiger partial charge in [0, 0.05) is 36.3 Å². The van der Waals surface area contributed by atoms with Crippen molar-refractivity contribution in [3.63, 3.8) is 0 Å². The molecule has 0 N–H and O–H groups in total. The molecule has 0 spiro atoms. The number of fused-ring (bicyclic) bond motifs is 1. The Morgan fingerprint density at radius 3 is 3.00 bits per heavy atom. The standard InChI is InChI=1S/C14H13BrF2N2OS/c15-12-6-10-8-18(5-3-11(10)21-12)7-9-2-1-4-19(13(9)20)14(16)17/h1-2,4,6,14H,3,5,7-8H2. The first-order valence-corrected chi connectivity index (χ1v) is 8.13. The Balaban J connectivity index is 1.79. The summed E-state index contributed by atoms with van der Waals surface area (Å²) in [6.07, 6.45) is 2.06. The molecule has 0 radical (unpaired) electrons. The second-order valence-corrected chi connectivity index (χ2v) is 7.50. The summed E-state index contributed by atoms with van der Waals surface area (Å²) in [6, 6.07) is 5.22. The van der Waals surface area contributed by atoms with E-state index < -0.39 is 12.1 Å². The first-order chi connectivity index (χ1) is 10.0. The maximum absolute atomic E-state index is 12.7. The zero-order chi connectivity index (χ0) is 15.0. The van der Waals surface area contributed by atoms with Crippen LogP contribution in [0.2, 0.25) is 0 Å². The lowest BCUT2D eigenvalue weighted by molar-refractivity contribution is 0.0656. The van der Waals surface area contributed by atoms with Gasteiger partial charge in [0.05, 0.1) is 3.79 Å². The Morgan fingerprint density at radius 2 is 2.24 bits per heavy atom. The maximum Gasteiger partial charge on any atom is 0.321 e. The first-order valence-electron chi connectivity index (χ1n) is 6.52. The average molecular weight is 375 g/mol. The molecule has 112 valence electrons. The summed E-state index contributed by atoms with van der Waals surface area (Å²) < 4.78 is 27.0. The van der Waals surface area contributed by atoms with Crippen molar-refractivity contribution < 1.29 is 8.78 Å². The van der Waals surface area contributed by atoms with E-state index in [9.17, 15) is 13.6 Å². The van der Waals surface area contributed by atoms with Crippen LogP contribution in [-0.2, 0) is 19.5 Å². The van der Waals surface area contributed by atoms with E-state index in [1.807, 2.05) is 0 Å². The zero-order valence-corrected chi connectivity index (χ0v) is 13.5. The largest absolute Gasteiger partial charge is 0.321 e. The molecule has 0 amide bonds. The van der Waals surface area contributed by atoms with Gasteiger partial charge in [0.25, 0.3) is 5.56 Å². The molecule has 1 aliphatic rings. The normalized spacial score (nSPS) is 15.4. The highest BCUT2D eigenvalue weighted by molar-refractivity contribution is 9.11. The third-order valence-corrected chi connectivity index (χ3v) is 5.31. The number of halogens is 3. The van der Waals surface area contributed by atoms with Crippen molar-refractivity contribution in [2.75, 3.05) is 6.54 Å². The smallest absolute Gasteiger partial charge is 0.294 e. The Kier molecular flexibility index (Phi) is 4.24. The molecule has 2 aromatic rings. The monoisotopic (exact) mass is 374 g/mol. The molecule has 21 heavy (non-hydrogen) atoms. The minimum atomic E-state index is -2.79. The van der Waals surface area contributed by atoms with Gasteiger partial charge in [-0.1, -0.05) is 6.07 Å². The molecule has 0 fully saturated rings. The summed E-state index contributed by atoms with van der Waals surface area (Å²) >= 11 is 5.21. The van der Waals surface area contributed by atoms with Crippen LogP contribution in [0.5, 0.6) is 0 Å². The van der Waals surface area contributed by atoms with E-state index in [1.165, 1.54) is 16.5 Å². The molecule has 0 aliphatic carbocycles. The van der Waals surface area contributed by atoms with Crippen LogP contribution >= 0.6 is 27.3 Å². The summed E-state index contributed by atoms with van der Waals surface area (Å²) in [5, 5.41) is 0. The van der Waals surface area contributed by atoms with Crippen LogP contribution in [0, 0.1) is 0 Å². The van der Waals surface area contributed by atoms with E-state index in [-0.39, 0.29) is 0 Å². The maximum atomic E-state index is 12.7. The highest BCUT2D eigenvalue weighted by atomic mass is 79.9. The fourth-order valence-corrected chi connectivity index (χ4v) is 4.31. The highest BCUT2D eigenvalue weighted by Crippen LogP contribution is 2.31. The van der Waals surface area contributed by atoms with Gasteiger partial charge < -0.3 is 0 Å². The van der Waals surface area contributed by atoms with Crippen LogP contribution in [0.1, 0.15) is 22.6 Å². The molecule has 0 bridgehead atoms. The van der Waals surface area contributed by atoms with Gasteiger partial charge >= 0.3 is 6.55 Å². The van der Waals surface area contributed by atoms with E-state index in [2.05, 4.69) is 26.9 Å². The van der Waals surface area contributed by atoms with Crippen molar-refractivity contribution in [2.24, 2.45) is 0 Å². The minimum Gasteiger partial charge on any atom is -0.294 e. The molecule has 2 aromatic heterocycles. The molecule has 3 heterocycles. The molecule has 7 heteroatoms. The average Bonchev–Trinajstić information content (AvgIpc) is 2.80. The van der Waals surface area contributed by atoms with E-state index in [0.717, 1.165) is 29.5 Å². The van der Waals surface area contributed by atoms with Crippen molar-refractivity contribution in [3.8, 4) is 0 Å². The number of aromatic nitrogens is 1. The molecule has 1 aliphatic heterocycles. The van der Waals surface area contributed by atoms with Gasteiger partial charge in [-0.3, -0.25) is 14.3 Å². The lowest BCUT2D eigenvalue weighted by Gasteiger charge is -2.26. The number of hydrogen-bond acceptors (Lipinski definition) is 3. The molecule has 3 nitrogen and oxygen atoms in total. The van der Waals surface area contributed by atoms with Crippen molar-refractivity contribution in [2.45, 2.75) is 26.1 Å². The number of hydrogen-bond donors (Lipinski definition) is 0. The van der Waals surface area contributed by atoms with Crippen molar-refractivity contribution in [1.82, 2.24) is 9.47 Å². The molecule has 0 atom stereocenters. The summed E-state index contributed by atoms with van der Waals surface area (Å²) in [5.41, 5.74) is 1.06. The van der Waals surface area contributed by atoms with Gasteiger partial charge in [-0.2, -0.15) is 8.78 Å². The third kappa shape index (κ3) is 3.09. The third-order valence-electron chi connectivity index (χ3n) is 3.57. The molecular formula is C14H13BrF2N2OS. The van der Waals surface area contributed by atoms with Crippen LogP contribution < -0.4 is 5.56 Å². The van der Waals surface area contributed by atoms with Crippen molar-refractivity contribution >= 4 is 27.3 Å². The van der Waals surface area contributed by atoms with E-state index in [0.29, 0.717) is 16.7 Å². The lowest BCUT2D eigenvalue weighted by Crippen LogP contribution is -2.33. The van der Waals surface area contributed by atoms with Gasteiger partial charge in [0.15, 0.2) is 0 Å². The van der Waals surface area contributed by atoms with Gasteiger partial charge in [-0.15, -0.1) is 11.3 Å². The predicted octanol–water partition coefficient (Wildman–Crippen LogP) is 3.63. The molecule has 3 rings (SSSR count). The van der Waals surface area contributed by atoms with Crippen LogP contribution in [-0.4, -0.2) is 16.0 Å². The summed E-state index contributed by atoms with van der Waals surface area (Å²) in [4.78, 5) is 15.5. The van der Waals surface area contributed by atoms with Gasteiger partial charge in [-0.25, -0.2) is 0 Å². The number of nitrogens with zero attached hydrogens (tertiary/aromatic N) is 2. The van der Waals surface area contributed by atoms with Crippen LogP contribution in [0.4, 0.5) is 8.78 Å². The number of pyridine rings is 1. The molecule has 0 aromatic carbocycles. The number of rotatable bonds is 3. The molecule has 0 saturated heterocycles. The Labute approximate surface area is 132 Å². The van der Waals surface area contributed by atoms with Gasteiger partial charge in [0.2, 0.25) is 0 Å². The number of alkyl halides is 2. The highest BCUT2D eigenvalue weighted by Gasteiger charge is 2.20. The quantitative estimate of drug-likeness (QED) is 0.819. The van der Waals surface area contributed by atoms with E-state index in [1.54, 1.807) is 17.4 Å². The predicted molar refractivity (Wildman–Crippen MR) is 81.8 cm³/mol. The lowest BCUT2D eigenvalue weighted by atomic mass is 10.1. The Hall–Kier alpha value is -1.05. The van der Waals surface area contributed by atoms with Crippen LogP contribution in [0.15, 0.2) is 33.0 Å². The summed E-state index contributed by atoms with van der Waals surface area (Å²) in [6.45, 7) is -0.804. The van der Waals surface area contributed by atoms with Gasteiger partial charge in [-0.05, 0) is 40.0 Å². The van der Waals surface area contributed by atoms with Crippen LogP contribution in [0.25, 0.3) is 0 Å². The van der Waals surface area contributed by atoms with Crippen LogP contribution in [0.3, 0.4) is 0 Å². The SMILES string of the molecule is O=c1c(CN2CCc3sc(Br)cc3C2)cccn1C(F)F. The second kappa shape index (κ2) is 5.98. The minimum absolute atomic E-state index is 0.402. The number of thiophene rings is 1. The van der Waals surface area contributed by atoms with Crippen molar-refractivity contribution in [1.29, 1.82) is 0 Å². The Bertz CT molecular complexity index is 713. The van der Waals surface area contributed by atoms with Gasteiger partial charge in [0.1, 0.15) is 0 Å².